The van der Waals surface area contributed by atoms with Crippen LogP contribution in [0.2, 0.25) is 0 Å². The normalized spacial score (nSPS) is 10.0. The zero-order valence-electron chi connectivity index (χ0n) is 5.95. The van der Waals surface area contributed by atoms with Crippen LogP contribution in [-0.2, 0) is 13.1 Å². The summed E-state index contributed by atoms with van der Waals surface area (Å²) in [5.41, 5.74) is -0.719. The van der Waals surface area contributed by atoms with Gasteiger partial charge in [0.2, 0.25) is 0 Å². The molecule has 60 valence electrons. The minimum Gasteiger partial charge on any atom is -0.286 e. The van der Waals surface area contributed by atoms with Gasteiger partial charge in [-0.2, -0.15) is 0 Å². The molecule has 0 aliphatic carbocycles. The summed E-state index contributed by atoms with van der Waals surface area (Å²) in [5.74, 6) is 0. The van der Waals surface area contributed by atoms with Gasteiger partial charge >= 0.3 is 5.69 Å². The average Bonchev–Trinajstić information content (AvgIpc) is 2.01. The van der Waals surface area contributed by atoms with Crippen molar-refractivity contribution in [3.63, 3.8) is 0 Å². The highest BCUT2D eigenvalue weighted by Crippen LogP contribution is 1.80. The Balaban J connectivity index is 3.50. The van der Waals surface area contributed by atoms with Crippen molar-refractivity contribution in [3.05, 3.63) is 33.1 Å². The molecule has 0 amide bonds. The van der Waals surface area contributed by atoms with Crippen molar-refractivity contribution in [2.24, 2.45) is 7.05 Å². The molecule has 0 saturated carbocycles. The second-order valence-corrected chi connectivity index (χ2v) is 2.32. The topological polar surface area (TPSA) is 44.0 Å². The molecular weight excluding hydrogens is 168 g/mol. The summed E-state index contributed by atoms with van der Waals surface area (Å²) in [6.45, 7) is 0. The third-order valence-electron chi connectivity index (χ3n) is 1.39. The quantitative estimate of drug-likeness (QED) is 0.551. The molecule has 0 radical (unpaired) electrons. The van der Waals surface area contributed by atoms with Crippen LogP contribution in [0.3, 0.4) is 0 Å². The fourth-order valence-electron chi connectivity index (χ4n) is 0.707. The summed E-state index contributed by atoms with van der Waals surface area (Å²) in [4.78, 5) is 21.9. The molecule has 1 rings (SSSR count). The third-order valence-corrected chi connectivity index (χ3v) is 1.65. The monoisotopic (exact) mass is 174 g/mol. The van der Waals surface area contributed by atoms with E-state index < -0.39 is 5.69 Å². The maximum Gasteiger partial charge on any atom is 0.331 e. The summed E-state index contributed by atoms with van der Waals surface area (Å²) in [5, 5.41) is 0. The number of hydrogen-bond acceptors (Lipinski definition) is 2. The van der Waals surface area contributed by atoms with E-state index in [0.29, 0.717) is 0 Å². The lowest BCUT2D eigenvalue weighted by atomic mass is 10.6. The first-order valence-electron chi connectivity index (χ1n) is 2.99. The number of nitrogens with zero attached hydrogens (tertiary/aromatic N) is 2. The van der Waals surface area contributed by atoms with Crippen molar-refractivity contribution in [1.82, 2.24) is 9.13 Å². The van der Waals surface area contributed by atoms with Crippen molar-refractivity contribution in [3.8, 4) is 0 Å². The molecule has 0 aliphatic heterocycles. The van der Waals surface area contributed by atoms with Crippen LogP contribution in [-0.4, -0.2) is 9.13 Å². The van der Waals surface area contributed by atoms with E-state index in [1.165, 1.54) is 23.9 Å². The predicted molar refractivity (Wildman–Crippen MR) is 41.8 cm³/mol. The van der Waals surface area contributed by atoms with Gasteiger partial charge < -0.3 is 0 Å². The first kappa shape index (κ1) is 8.07. The van der Waals surface area contributed by atoms with E-state index in [0.717, 1.165) is 4.57 Å². The highest BCUT2D eigenvalue weighted by atomic mass is 35.5. The Morgan fingerprint density at radius 3 is 2.73 bits per heavy atom. The van der Waals surface area contributed by atoms with Gasteiger partial charge in [-0.3, -0.25) is 13.9 Å². The van der Waals surface area contributed by atoms with Gasteiger partial charge in [0.25, 0.3) is 5.56 Å². The molecule has 4 nitrogen and oxygen atoms in total. The van der Waals surface area contributed by atoms with Crippen LogP contribution in [0.25, 0.3) is 0 Å². The predicted octanol–water partition coefficient (Wildman–Crippen LogP) is -0.257. The molecule has 5 heteroatoms. The molecule has 0 saturated heterocycles. The van der Waals surface area contributed by atoms with E-state index >= 15 is 0 Å². The Hall–Kier alpha value is -1.03. The van der Waals surface area contributed by atoms with Crippen LogP contribution in [0.5, 0.6) is 0 Å². The van der Waals surface area contributed by atoms with Gasteiger partial charge in [-0.1, -0.05) is 0 Å². The molecule has 11 heavy (non-hydrogen) atoms. The van der Waals surface area contributed by atoms with E-state index in [2.05, 4.69) is 0 Å². The van der Waals surface area contributed by atoms with Gasteiger partial charge in [-0.15, -0.1) is 11.6 Å². The molecule has 0 atom stereocenters. The molecule has 0 spiro atoms. The smallest absolute Gasteiger partial charge is 0.286 e. The van der Waals surface area contributed by atoms with Gasteiger partial charge in [0.15, 0.2) is 0 Å². The molecule has 0 unspecified atom stereocenters. The number of halogens is 1. The molecule has 0 aliphatic rings. The average molecular weight is 175 g/mol. The van der Waals surface area contributed by atoms with E-state index in [1.807, 2.05) is 0 Å². The zero-order valence-corrected chi connectivity index (χ0v) is 6.71. The zero-order chi connectivity index (χ0) is 8.43. The van der Waals surface area contributed by atoms with E-state index in [-0.39, 0.29) is 11.6 Å². The number of alkyl halides is 1. The molecule has 0 fully saturated rings. The summed E-state index contributed by atoms with van der Waals surface area (Å²) in [7, 11) is 1.41. The van der Waals surface area contributed by atoms with Gasteiger partial charge in [-0.25, -0.2) is 4.79 Å². The first-order valence-corrected chi connectivity index (χ1v) is 3.52. The Kier molecular flexibility index (Phi) is 2.14. The summed E-state index contributed by atoms with van der Waals surface area (Å²) in [6.07, 6.45) is 1.37. The van der Waals surface area contributed by atoms with Crippen molar-refractivity contribution in [2.75, 3.05) is 0 Å². The number of aromatic nitrogens is 2. The Labute approximate surface area is 67.6 Å². The number of rotatable bonds is 1. The van der Waals surface area contributed by atoms with Crippen molar-refractivity contribution in [1.29, 1.82) is 0 Å². The summed E-state index contributed by atoms with van der Waals surface area (Å²) < 4.78 is 2.24. The minimum absolute atomic E-state index is 0.0625. The van der Waals surface area contributed by atoms with E-state index in [1.54, 1.807) is 0 Å². The van der Waals surface area contributed by atoms with E-state index in [4.69, 9.17) is 11.6 Å². The van der Waals surface area contributed by atoms with Gasteiger partial charge in [0.1, 0.15) is 6.00 Å². The Morgan fingerprint density at radius 2 is 2.18 bits per heavy atom. The highest BCUT2D eigenvalue weighted by Gasteiger charge is 1.97. The molecular formula is C6H7ClN2O2. The van der Waals surface area contributed by atoms with Gasteiger partial charge in [0.05, 0.1) is 0 Å². The maximum atomic E-state index is 11.1. The van der Waals surface area contributed by atoms with Crippen molar-refractivity contribution >= 4 is 11.6 Å². The fourth-order valence-corrected chi connectivity index (χ4v) is 0.889. The molecule has 1 aromatic rings. The standard InChI is InChI=1S/C6H7ClN2O2/c1-8-5(10)2-3-9(4-7)6(8)11/h2-3H,4H2,1H3. The highest BCUT2D eigenvalue weighted by molar-refractivity contribution is 6.15. The van der Waals surface area contributed by atoms with Gasteiger partial charge in [0, 0.05) is 19.3 Å². The lowest BCUT2D eigenvalue weighted by Crippen LogP contribution is -2.36. The van der Waals surface area contributed by atoms with Gasteiger partial charge in [-0.05, 0) is 0 Å². The Bertz CT molecular complexity index is 366. The van der Waals surface area contributed by atoms with Crippen LogP contribution >= 0.6 is 11.6 Å². The lowest BCUT2D eigenvalue weighted by Gasteiger charge is -2.00. The van der Waals surface area contributed by atoms with Crippen LogP contribution in [0, 0.1) is 0 Å². The first-order chi connectivity index (χ1) is 5.16. The fraction of sp³-hybridized carbons (Fsp3) is 0.333. The van der Waals surface area contributed by atoms with Crippen molar-refractivity contribution in [2.45, 2.75) is 6.00 Å². The SMILES string of the molecule is Cn1c(=O)ccn(CCl)c1=O. The van der Waals surface area contributed by atoms with Crippen molar-refractivity contribution < 1.29 is 0 Å². The summed E-state index contributed by atoms with van der Waals surface area (Å²) in [6, 6.07) is 1.36. The maximum absolute atomic E-state index is 11.1. The molecule has 1 aromatic heterocycles. The molecule has 0 N–H and O–H groups in total. The lowest BCUT2D eigenvalue weighted by molar-refractivity contribution is 0.675. The van der Waals surface area contributed by atoms with Crippen LogP contribution in [0.15, 0.2) is 21.9 Å². The van der Waals surface area contributed by atoms with Crippen LogP contribution in [0.4, 0.5) is 0 Å². The Morgan fingerprint density at radius 1 is 1.55 bits per heavy atom. The van der Waals surface area contributed by atoms with Crippen LogP contribution in [0.1, 0.15) is 0 Å². The van der Waals surface area contributed by atoms with Crippen LogP contribution < -0.4 is 11.2 Å². The van der Waals surface area contributed by atoms with E-state index in [9.17, 15) is 9.59 Å². The number of hydrogen-bond donors (Lipinski definition) is 0. The largest absolute Gasteiger partial charge is 0.331 e. The minimum atomic E-state index is -0.396. The molecule has 1 heterocycles. The third kappa shape index (κ3) is 1.35. The molecule has 0 bridgehead atoms. The second kappa shape index (κ2) is 2.92. The second-order valence-electron chi connectivity index (χ2n) is 2.08. The molecule has 0 aromatic carbocycles. The summed E-state index contributed by atoms with van der Waals surface area (Å²) >= 11 is 5.40.